The van der Waals surface area contributed by atoms with E-state index in [1.165, 1.54) is 0 Å². The molecule has 0 spiro atoms. The summed E-state index contributed by atoms with van der Waals surface area (Å²) in [6.07, 6.45) is 5.37. The molecule has 2 atom stereocenters. The molecule has 0 amide bonds. The number of nitrogens with zero attached hydrogens (tertiary/aromatic N) is 4. The number of rotatable bonds is 1. The van der Waals surface area contributed by atoms with E-state index in [1.807, 2.05) is 0 Å². The molecule has 2 aliphatic rings. The first-order valence-corrected chi connectivity index (χ1v) is 6.65. The SMILES string of the molecule is Nc1nc(N2C3CCC2CC(O)C3)c2cn[nH]c2n1. The Hall–Kier alpha value is -1.89. The van der Waals surface area contributed by atoms with E-state index in [-0.39, 0.29) is 12.1 Å². The molecule has 4 heterocycles. The predicted molar refractivity (Wildman–Crippen MR) is 70.6 cm³/mol. The molecule has 2 bridgehead atoms. The summed E-state index contributed by atoms with van der Waals surface area (Å²) in [6.45, 7) is 0. The van der Waals surface area contributed by atoms with E-state index < -0.39 is 0 Å². The van der Waals surface area contributed by atoms with Crippen LogP contribution in [0.4, 0.5) is 11.8 Å². The minimum atomic E-state index is -0.187. The quantitative estimate of drug-likeness (QED) is 0.686. The molecule has 4 N–H and O–H groups in total. The summed E-state index contributed by atoms with van der Waals surface area (Å²) in [5, 5.41) is 17.7. The van der Waals surface area contributed by atoms with Gasteiger partial charge in [-0.3, -0.25) is 5.10 Å². The molecular formula is C12H16N6O. The molecule has 2 aromatic rings. The molecule has 2 fully saturated rings. The van der Waals surface area contributed by atoms with E-state index in [4.69, 9.17) is 5.73 Å². The van der Waals surface area contributed by atoms with Crippen molar-refractivity contribution in [1.82, 2.24) is 20.2 Å². The second kappa shape index (κ2) is 3.80. The number of nitrogen functional groups attached to an aromatic ring is 1. The van der Waals surface area contributed by atoms with Crippen molar-refractivity contribution in [1.29, 1.82) is 0 Å². The summed E-state index contributed by atoms with van der Waals surface area (Å²) in [5.74, 6) is 1.12. The molecule has 100 valence electrons. The number of aromatic nitrogens is 4. The van der Waals surface area contributed by atoms with Gasteiger partial charge in [-0.25, -0.2) is 0 Å². The van der Waals surface area contributed by atoms with Crippen LogP contribution in [0.2, 0.25) is 0 Å². The molecule has 4 rings (SSSR count). The van der Waals surface area contributed by atoms with Crippen LogP contribution in [-0.4, -0.2) is 43.5 Å². The highest BCUT2D eigenvalue weighted by atomic mass is 16.3. The summed E-state index contributed by atoms with van der Waals surface area (Å²) in [7, 11) is 0. The van der Waals surface area contributed by atoms with Gasteiger partial charge in [0, 0.05) is 12.1 Å². The van der Waals surface area contributed by atoms with Gasteiger partial charge < -0.3 is 15.7 Å². The van der Waals surface area contributed by atoms with Crippen molar-refractivity contribution in [2.24, 2.45) is 0 Å². The number of hydrogen-bond donors (Lipinski definition) is 3. The predicted octanol–water partition coefficient (Wildman–Crippen LogP) is 0.427. The van der Waals surface area contributed by atoms with E-state index in [0.29, 0.717) is 17.7 Å². The third-order valence-corrected chi connectivity index (χ3v) is 4.26. The zero-order valence-corrected chi connectivity index (χ0v) is 10.5. The smallest absolute Gasteiger partial charge is 0.224 e. The van der Waals surface area contributed by atoms with E-state index in [9.17, 15) is 5.11 Å². The Bertz CT molecular complexity index is 612. The van der Waals surface area contributed by atoms with E-state index in [2.05, 4.69) is 25.1 Å². The summed E-state index contributed by atoms with van der Waals surface area (Å²) < 4.78 is 0. The zero-order chi connectivity index (χ0) is 13.0. The van der Waals surface area contributed by atoms with Gasteiger partial charge in [-0.05, 0) is 25.7 Å². The molecule has 7 heteroatoms. The van der Waals surface area contributed by atoms with Gasteiger partial charge in [-0.15, -0.1) is 0 Å². The lowest BCUT2D eigenvalue weighted by Crippen LogP contribution is -2.45. The highest BCUT2D eigenvalue weighted by molar-refractivity contribution is 5.88. The van der Waals surface area contributed by atoms with Gasteiger partial charge in [0.25, 0.3) is 0 Å². The first-order chi connectivity index (χ1) is 9.22. The van der Waals surface area contributed by atoms with Crippen LogP contribution < -0.4 is 10.6 Å². The Morgan fingerprint density at radius 2 is 2.00 bits per heavy atom. The third kappa shape index (κ3) is 1.58. The van der Waals surface area contributed by atoms with Crippen molar-refractivity contribution in [3.8, 4) is 0 Å². The largest absolute Gasteiger partial charge is 0.393 e. The molecule has 0 aliphatic carbocycles. The number of aromatic amines is 1. The number of H-pyrrole nitrogens is 1. The van der Waals surface area contributed by atoms with Crippen LogP contribution >= 0.6 is 0 Å². The lowest BCUT2D eigenvalue weighted by Gasteiger charge is -2.38. The monoisotopic (exact) mass is 260 g/mol. The summed E-state index contributed by atoms with van der Waals surface area (Å²) in [4.78, 5) is 10.9. The Morgan fingerprint density at radius 1 is 1.26 bits per heavy atom. The van der Waals surface area contributed by atoms with Crippen molar-refractivity contribution >= 4 is 22.8 Å². The molecule has 2 saturated heterocycles. The molecule has 0 radical (unpaired) electrons. The molecule has 7 nitrogen and oxygen atoms in total. The maximum atomic E-state index is 9.88. The van der Waals surface area contributed by atoms with Crippen molar-refractivity contribution in [3.63, 3.8) is 0 Å². The fourth-order valence-corrected chi connectivity index (χ4v) is 3.53. The summed E-state index contributed by atoms with van der Waals surface area (Å²) in [5.41, 5.74) is 6.46. The fourth-order valence-electron chi connectivity index (χ4n) is 3.53. The van der Waals surface area contributed by atoms with Gasteiger partial charge in [0.05, 0.1) is 17.7 Å². The number of nitrogens with one attached hydrogen (secondary N) is 1. The Labute approximate surface area is 109 Å². The van der Waals surface area contributed by atoms with Crippen LogP contribution in [0.3, 0.4) is 0 Å². The number of nitrogens with two attached hydrogens (primary N) is 1. The first kappa shape index (κ1) is 11.0. The maximum absolute atomic E-state index is 9.88. The summed E-state index contributed by atoms with van der Waals surface area (Å²) in [6, 6.07) is 0.697. The van der Waals surface area contributed by atoms with Crippen molar-refractivity contribution in [2.75, 3.05) is 10.6 Å². The topological polar surface area (TPSA) is 104 Å². The molecule has 0 saturated carbocycles. The van der Waals surface area contributed by atoms with Crippen LogP contribution in [0.25, 0.3) is 11.0 Å². The van der Waals surface area contributed by atoms with Crippen LogP contribution in [0.1, 0.15) is 25.7 Å². The number of aliphatic hydroxyl groups is 1. The van der Waals surface area contributed by atoms with Crippen molar-refractivity contribution in [2.45, 2.75) is 43.9 Å². The third-order valence-electron chi connectivity index (χ3n) is 4.26. The zero-order valence-electron chi connectivity index (χ0n) is 10.5. The van der Waals surface area contributed by atoms with Crippen molar-refractivity contribution in [3.05, 3.63) is 6.20 Å². The minimum Gasteiger partial charge on any atom is -0.393 e. The number of anilines is 2. The van der Waals surface area contributed by atoms with Gasteiger partial charge in [0.1, 0.15) is 5.82 Å². The van der Waals surface area contributed by atoms with Gasteiger partial charge in [0.2, 0.25) is 5.95 Å². The molecule has 19 heavy (non-hydrogen) atoms. The molecular weight excluding hydrogens is 244 g/mol. The van der Waals surface area contributed by atoms with E-state index in [1.54, 1.807) is 6.20 Å². The fraction of sp³-hybridized carbons (Fsp3) is 0.583. The Kier molecular flexibility index (Phi) is 2.20. The van der Waals surface area contributed by atoms with E-state index in [0.717, 1.165) is 36.9 Å². The Morgan fingerprint density at radius 3 is 2.74 bits per heavy atom. The maximum Gasteiger partial charge on any atom is 0.224 e. The van der Waals surface area contributed by atoms with Crippen LogP contribution in [-0.2, 0) is 0 Å². The average Bonchev–Trinajstić information content (AvgIpc) is 2.92. The summed E-state index contributed by atoms with van der Waals surface area (Å²) >= 11 is 0. The normalized spacial score (nSPS) is 30.2. The van der Waals surface area contributed by atoms with Crippen LogP contribution in [0.5, 0.6) is 0 Å². The van der Waals surface area contributed by atoms with Gasteiger partial charge >= 0.3 is 0 Å². The van der Waals surface area contributed by atoms with E-state index >= 15 is 0 Å². The van der Waals surface area contributed by atoms with Gasteiger partial charge in [0.15, 0.2) is 5.65 Å². The average molecular weight is 260 g/mol. The number of hydrogen-bond acceptors (Lipinski definition) is 6. The Balaban J connectivity index is 1.84. The standard InChI is InChI=1S/C12H16N6O/c13-12-15-10-9(5-14-17-10)11(16-12)18-6-1-2-7(18)4-8(19)3-6/h5-8,19H,1-4H2,(H3,13,14,15,16,17). The molecule has 2 aromatic heterocycles. The van der Waals surface area contributed by atoms with Gasteiger partial charge in [-0.1, -0.05) is 0 Å². The molecule has 0 aromatic carbocycles. The number of fused-ring (bicyclic) bond motifs is 3. The van der Waals surface area contributed by atoms with Crippen LogP contribution in [0.15, 0.2) is 6.20 Å². The van der Waals surface area contributed by atoms with Gasteiger partial charge in [-0.2, -0.15) is 15.1 Å². The minimum absolute atomic E-state index is 0.187. The first-order valence-electron chi connectivity index (χ1n) is 6.65. The lowest BCUT2D eigenvalue weighted by atomic mass is 10.00. The second-order valence-electron chi connectivity index (χ2n) is 5.46. The number of aliphatic hydroxyl groups excluding tert-OH is 1. The van der Waals surface area contributed by atoms with Crippen molar-refractivity contribution < 1.29 is 5.11 Å². The highest BCUT2D eigenvalue weighted by Gasteiger charge is 2.41. The molecule has 2 aliphatic heterocycles. The second-order valence-corrected chi connectivity index (χ2v) is 5.46. The number of piperidine rings is 1. The lowest BCUT2D eigenvalue weighted by molar-refractivity contribution is 0.126. The van der Waals surface area contributed by atoms with Crippen LogP contribution in [0, 0.1) is 0 Å². The molecule has 2 unspecified atom stereocenters. The highest BCUT2D eigenvalue weighted by Crippen LogP contribution is 2.40.